The Morgan fingerprint density at radius 2 is 2.04 bits per heavy atom. The van der Waals surface area contributed by atoms with Crippen LogP contribution in [0.3, 0.4) is 0 Å². The molecule has 3 rings (SSSR count). The van der Waals surface area contributed by atoms with Gasteiger partial charge in [-0.25, -0.2) is 0 Å². The van der Waals surface area contributed by atoms with Gasteiger partial charge in [0.2, 0.25) is 5.91 Å². The first-order valence-electron chi connectivity index (χ1n) is 7.59. The average Bonchev–Trinajstić information content (AvgIpc) is 2.61. The molecule has 0 spiro atoms. The number of piperazine rings is 1. The summed E-state index contributed by atoms with van der Waals surface area (Å²) in [5.41, 5.74) is 6.72. The molecular weight excluding hydrogens is 328 g/mol. The van der Waals surface area contributed by atoms with E-state index in [0.717, 1.165) is 5.56 Å². The Morgan fingerprint density at radius 1 is 1.25 bits per heavy atom. The van der Waals surface area contributed by atoms with E-state index in [-0.39, 0.29) is 17.5 Å². The Bertz CT molecular complexity index is 763. The lowest BCUT2D eigenvalue weighted by molar-refractivity contribution is 0.0696. The van der Waals surface area contributed by atoms with Crippen molar-refractivity contribution in [2.75, 3.05) is 19.6 Å². The van der Waals surface area contributed by atoms with Crippen LogP contribution in [0, 0.1) is 0 Å². The predicted octanol–water partition coefficient (Wildman–Crippen LogP) is 1.62. The van der Waals surface area contributed by atoms with Crippen molar-refractivity contribution in [2.45, 2.75) is 6.04 Å². The van der Waals surface area contributed by atoms with Gasteiger partial charge in [-0.1, -0.05) is 29.8 Å². The van der Waals surface area contributed by atoms with E-state index >= 15 is 0 Å². The second-order valence-corrected chi connectivity index (χ2v) is 5.98. The molecule has 0 saturated carbocycles. The number of nitrogens with zero attached hydrogens (tertiary/aromatic N) is 2. The minimum Gasteiger partial charge on any atom is -0.366 e. The topological polar surface area (TPSA) is 88.3 Å². The molecule has 1 atom stereocenters. The van der Waals surface area contributed by atoms with E-state index in [1.54, 1.807) is 4.90 Å². The van der Waals surface area contributed by atoms with E-state index in [0.29, 0.717) is 30.4 Å². The maximum absolute atomic E-state index is 12.6. The van der Waals surface area contributed by atoms with E-state index in [2.05, 4.69) is 10.3 Å². The molecule has 2 heterocycles. The van der Waals surface area contributed by atoms with Crippen LogP contribution in [-0.4, -0.2) is 41.3 Å². The molecule has 24 heavy (non-hydrogen) atoms. The zero-order valence-electron chi connectivity index (χ0n) is 12.9. The molecule has 0 aliphatic carbocycles. The van der Waals surface area contributed by atoms with E-state index in [1.807, 2.05) is 24.3 Å². The molecule has 7 heteroatoms. The van der Waals surface area contributed by atoms with Gasteiger partial charge in [0.15, 0.2) is 0 Å². The van der Waals surface area contributed by atoms with Crippen LogP contribution in [-0.2, 0) is 0 Å². The zero-order valence-corrected chi connectivity index (χ0v) is 13.7. The molecule has 1 saturated heterocycles. The average molecular weight is 345 g/mol. The molecule has 1 aliphatic rings. The number of aromatic nitrogens is 1. The van der Waals surface area contributed by atoms with Crippen molar-refractivity contribution in [3.05, 3.63) is 64.4 Å². The van der Waals surface area contributed by atoms with Crippen molar-refractivity contribution >= 4 is 23.4 Å². The first-order valence-corrected chi connectivity index (χ1v) is 7.97. The van der Waals surface area contributed by atoms with Gasteiger partial charge in [0.1, 0.15) is 5.69 Å². The Hall–Kier alpha value is -2.44. The molecule has 1 unspecified atom stereocenters. The molecule has 1 aromatic carbocycles. The van der Waals surface area contributed by atoms with Gasteiger partial charge in [0.05, 0.1) is 11.6 Å². The van der Waals surface area contributed by atoms with Crippen molar-refractivity contribution in [3.63, 3.8) is 0 Å². The van der Waals surface area contributed by atoms with E-state index in [4.69, 9.17) is 17.3 Å². The van der Waals surface area contributed by atoms with E-state index in [9.17, 15) is 9.59 Å². The summed E-state index contributed by atoms with van der Waals surface area (Å²) in [6.45, 7) is 1.75. The fourth-order valence-electron chi connectivity index (χ4n) is 2.73. The number of nitrogens with two attached hydrogens (primary N) is 1. The summed E-state index contributed by atoms with van der Waals surface area (Å²) < 4.78 is 0. The van der Waals surface area contributed by atoms with Crippen LogP contribution >= 0.6 is 11.6 Å². The largest absolute Gasteiger partial charge is 0.366 e. The number of amides is 2. The first-order chi connectivity index (χ1) is 11.6. The highest BCUT2D eigenvalue weighted by Crippen LogP contribution is 2.25. The van der Waals surface area contributed by atoms with Gasteiger partial charge in [-0.15, -0.1) is 0 Å². The number of rotatable bonds is 3. The molecule has 1 fully saturated rings. The Kier molecular flexibility index (Phi) is 4.78. The van der Waals surface area contributed by atoms with Crippen molar-refractivity contribution in [2.24, 2.45) is 5.73 Å². The quantitative estimate of drug-likeness (QED) is 0.885. The summed E-state index contributed by atoms with van der Waals surface area (Å²) in [7, 11) is 0. The molecule has 2 amide bonds. The Morgan fingerprint density at radius 3 is 2.71 bits per heavy atom. The summed E-state index contributed by atoms with van der Waals surface area (Å²) in [4.78, 5) is 29.5. The minimum absolute atomic E-state index is 0.0266. The molecule has 124 valence electrons. The standard InChI is InChI=1S/C17H17ClN4O2/c18-13-4-2-1-3-12(13)15-10-22(8-7-20-15)17(24)14-6-5-11(9-21-14)16(19)23/h1-6,9,15,20H,7-8,10H2,(H2,19,23). The van der Waals surface area contributed by atoms with Gasteiger partial charge in [0, 0.05) is 30.9 Å². The fourth-order valence-corrected chi connectivity index (χ4v) is 3.00. The van der Waals surface area contributed by atoms with Crippen molar-refractivity contribution in [1.82, 2.24) is 15.2 Å². The summed E-state index contributed by atoms with van der Waals surface area (Å²) in [5, 5.41) is 4.05. The highest BCUT2D eigenvalue weighted by atomic mass is 35.5. The van der Waals surface area contributed by atoms with Gasteiger partial charge in [-0.05, 0) is 23.8 Å². The van der Waals surface area contributed by atoms with Crippen LogP contribution in [0.4, 0.5) is 0 Å². The van der Waals surface area contributed by atoms with Crippen LogP contribution in [0.25, 0.3) is 0 Å². The summed E-state index contributed by atoms with van der Waals surface area (Å²) in [5.74, 6) is -0.743. The molecule has 0 bridgehead atoms. The van der Waals surface area contributed by atoms with Gasteiger partial charge >= 0.3 is 0 Å². The van der Waals surface area contributed by atoms with E-state index < -0.39 is 5.91 Å². The number of hydrogen-bond donors (Lipinski definition) is 2. The summed E-state index contributed by atoms with van der Waals surface area (Å²) >= 11 is 6.25. The number of carbonyl (C=O) groups excluding carboxylic acids is 2. The number of hydrogen-bond acceptors (Lipinski definition) is 4. The van der Waals surface area contributed by atoms with Crippen molar-refractivity contribution in [1.29, 1.82) is 0 Å². The second kappa shape index (κ2) is 6.98. The number of carbonyl (C=O) groups is 2. The molecular formula is C17H17ClN4O2. The third kappa shape index (κ3) is 3.39. The molecule has 1 aliphatic heterocycles. The maximum Gasteiger partial charge on any atom is 0.272 e. The molecule has 1 aromatic heterocycles. The van der Waals surface area contributed by atoms with Crippen molar-refractivity contribution < 1.29 is 9.59 Å². The molecule has 6 nitrogen and oxygen atoms in total. The monoisotopic (exact) mass is 344 g/mol. The lowest BCUT2D eigenvalue weighted by Crippen LogP contribution is -2.48. The van der Waals surface area contributed by atoms with Crippen LogP contribution in [0.1, 0.15) is 32.5 Å². The smallest absolute Gasteiger partial charge is 0.272 e. The fraction of sp³-hybridized carbons (Fsp3) is 0.235. The Labute approximate surface area is 144 Å². The van der Waals surface area contributed by atoms with Crippen LogP contribution in [0.5, 0.6) is 0 Å². The maximum atomic E-state index is 12.6. The zero-order chi connectivity index (χ0) is 17.1. The summed E-state index contributed by atoms with van der Waals surface area (Å²) in [6, 6.07) is 10.6. The molecule has 2 aromatic rings. The van der Waals surface area contributed by atoms with Gasteiger partial charge in [-0.2, -0.15) is 0 Å². The number of nitrogens with one attached hydrogen (secondary N) is 1. The van der Waals surface area contributed by atoms with E-state index in [1.165, 1.54) is 18.3 Å². The first kappa shape index (κ1) is 16.4. The van der Waals surface area contributed by atoms with Gasteiger partial charge < -0.3 is 16.0 Å². The highest BCUT2D eigenvalue weighted by Gasteiger charge is 2.26. The lowest BCUT2D eigenvalue weighted by atomic mass is 10.0. The SMILES string of the molecule is NC(=O)c1ccc(C(=O)N2CCNC(c3ccccc3Cl)C2)nc1. The Balaban J connectivity index is 1.75. The van der Waals surface area contributed by atoms with Crippen LogP contribution in [0.15, 0.2) is 42.6 Å². The number of pyridine rings is 1. The number of primary amides is 1. The molecule has 3 N–H and O–H groups in total. The summed E-state index contributed by atoms with van der Waals surface area (Å²) in [6.07, 6.45) is 1.32. The van der Waals surface area contributed by atoms with Gasteiger partial charge in [0.25, 0.3) is 5.91 Å². The van der Waals surface area contributed by atoms with Crippen LogP contribution in [0.2, 0.25) is 5.02 Å². The highest BCUT2D eigenvalue weighted by molar-refractivity contribution is 6.31. The minimum atomic E-state index is -0.567. The lowest BCUT2D eigenvalue weighted by Gasteiger charge is -2.34. The second-order valence-electron chi connectivity index (χ2n) is 5.58. The third-order valence-corrected chi connectivity index (χ3v) is 4.35. The molecule has 0 radical (unpaired) electrons. The number of halogens is 1. The van der Waals surface area contributed by atoms with Gasteiger partial charge in [-0.3, -0.25) is 14.6 Å². The third-order valence-electron chi connectivity index (χ3n) is 4.01. The van der Waals surface area contributed by atoms with Crippen molar-refractivity contribution in [3.8, 4) is 0 Å². The normalized spacial score (nSPS) is 17.5. The van der Waals surface area contributed by atoms with Crippen LogP contribution < -0.4 is 11.1 Å². The predicted molar refractivity (Wildman–Crippen MR) is 90.9 cm³/mol. The number of benzene rings is 1.